The molecule has 0 saturated carbocycles. The summed E-state index contributed by atoms with van der Waals surface area (Å²) < 4.78 is 0. The van der Waals surface area contributed by atoms with Crippen molar-refractivity contribution < 1.29 is 0 Å². The first-order valence-electron chi connectivity index (χ1n) is 18.4. The van der Waals surface area contributed by atoms with E-state index >= 15 is 0 Å². The number of fused-ring (bicyclic) bond motifs is 10. The number of aromatic nitrogens is 2. The summed E-state index contributed by atoms with van der Waals surface area (Å²) in [7, 11) is 0. The molecular formula is C51H32N2S. The van der Waals surface area contributed by atoms with Gasteiger partial charge in [-0.3, -0.25) is 0 Å². The number of nitrogens with zero attached hydrogens (tertiary/aromatic N) is 2. The van der Waals surface area contributed by atoms with E-state index in [1.807, 2.05) is 11.8 Å². The summed E-state index contributed by atoms with van der Waals surface area (Å²) in [5.41, 5.74) is 14.7. The van der Waals surface area contributed by atoms with Crippen LogP contribution in [0.1, 0.15) is 22.3 Å². The van der Waals surface area contributed by atoms with E-state index in [2.05, 4.69) is 194 Å². The van der Waals surface area contributed by atoms with Gasteiger partial charge >= 0.3 is 0 Å². The Labute approximate surface area is 318 Å². The molecule has 3 heteroatoms. The lowest BCUT2D eigenvalue weighted by Crippen LogP contribution is -2.32. The van der Waals surface area contributed by atoms with E-state index in [0.29, 0.717) is 5.82 Å². The van der Waals surface area contributed by atoms with Crippen LogP contribution in [0.5, 0.6) is 0 Å². The maximum Gasteiger partial charge on any atom is 0.161 e. The van der Waals surface area contributed by atoms with Gasteiger partial charge in [-0.15, -0.1) is 0 Å². The van der Waals surface area contributed by atoms with Gasteiger partial charge in [0.05, 0.1) is 16.8 Å². The van der Waals surface area contributed by atoms with E-state index in [1.54, 1.807) is 0 Å². The van der Waals surface area contributed by atoms with Crippen LogP contribution in [0.2, 0.25) is 0 Å². The molecule has 2 nitrogen and oxygen atoms in total. The largest absolute Gasteiger partial charge is 0.228 e. The highest BCUT2D eigenvalue weighted by molar-refractivity contribution is 7.99. The van der Waals surface area contributed by atoms with Crippen LogP contribution in [-0.4, -0.2) is 9.97 Å². The van der Waals surface area contributed by atoms with Gasteiger partial charge in [0.1, 0.15) is 0 Å². The number of hydrogen-bond acceptors (Lipinski definition) is 3. The van der Waals surface area contributed by atoms with Gasteiger partial charge in [-0.1, -0.05) is 194 Å². The third kappa shape index (κ3) is 4.55. The lowest BCUT2D eigenvalue weighted by Gasteiger charge is -2.40. The topological polar surface area (TPSA) is 25.8 Å². The van der Waals surface area contributed by atoms with Crippen LogP contribution in [0.4, 0.5) is 0 Å². The predicted molar refractivity (Wildman–Crippen MR) is 223 cm³/mol. The highest BCUT2D eigenvalue weighted by Gasteiger charge is 2.50. The van der Waals surface area contributed by atoms with E-state index < -0.39 is 5.41 Å². The van der Waals surface area contributed by atoms with Crippen molar-refractivity contribution in [2.24, 2.45) is 0 Å². The normalized spacial score (nSPS) is 13.3. The Morgan fingerprint density at radius 2 is 0.926 bits per heavy atom. The molecule has 1 aliphatic carbocycles. The summed E-state index contributed by atoms with van der Waals surface area (Å²) in [6.07, 6.45) is 0. The molecule has 0 amide bonds. The summed E-state index contributed by atoms with van der Waals surface area (Å²) in [5.74, 6) is 0.715. The number of rotatable bonds is 4. The Morgan fingerprint density at radius 1 is 0.389 bits per heavy atom. The molecule has 1 aromatic heterocycles. The Kier molecular flexibility index (Phi) is 7.05. The molecule has 1 spiro atoms. The summed E-state index contributed by atoms with van der Waals surface area (Å²) in [6, 6.07) is 70.1. The zero-order valence-corrected chi connectivity index (χ0v) is 30.1. The number of benzene rings is 8. The second-order valence-electron chi connectivity index (χ2n) is 14.0. The van der Waals surface area contributed by atoms with Crippen LogP contribution >= 0.6 is 11.8 Å². The van der Waals surface area contributed by atoms with Crippen molar-refractivity contribution in [2.75, 3.05) is 0 Å². The zero-order chi connectivity index (χ0) is 35.6. The molecule has 2 heterocycles. The van der Waals surface area contributed by atoms with Gasteiger partial charge in [0, 0.05) is 26.5 Å². The summed E-state index contributed by atoms with van der Waals surface area (Å²) in [4.78, 5) is 13.3. The van der Waals surface area contributed by atoms with Crippen LogP contribution in [-0.2, 0) is 5.41 Å². The van der Waals surface area contributed by atoms with Crippen LogP contribution in [0.3, 0.4) is 0 Å². The maximum absolute atomic E-state index is 5.40. The van der Waals surface area contributed by atoms with E-state index in [4.69, 9.17) is 9.97 Å². The van der Waals surface area contributed by atoms with Crippen molar-refractivity contribution in [1.82, 2.24) is 9.97 Å². The number of hydrogen-bond donors (Lipinski definition) is 0. The molecule has 0 N–H and O–H groups in total. The van der Waals surface area contributed by atoms with Crippen LogP contribution < -0.4 is 0 Å². The van der Waals surface area contributed by atoms with Crippen molar-refractivity contribution in [1.29, 1.82) is 0 Å². The molecule has 0 bridgehead atoms. The maximum atomic E-state index is 5.40. The second-order valence-corrected chi connectivity index (χ2v) is 15.1. The minimum Gasteiger partial charge on any atom is -0.228 e. The smallest absolute Gasteiger partial charge is 0.161 e. The lowest BCUT2D eigenvalue weighted by molar-refractivity contribution is 0.723. The Bertz CT molecular complexity index is 2810. The lowest BCUT2D eigenvalue weighted by atomic mass is 9.67. The molecule has 2 aliphatic rings. The molecule has 0 fully saturated rings. The zero-order valence-electron chi connectivity index (χ0n) is 29.3. The summed E-state index contributed by atoms with van der Waals surface area (Å²) >= 11 is 1.88. The molecule has 9 aromatic rings. The van der Waals surface area contributed by atoms with E-state index in [0.717, 1.165) is 44.4 Å². The van der Waals surface area contributed by atoms with Gasteiger partial charge in [0.2, 0.25) is 0 Å². The van der Waals surface area contributed by atoms with Crippen molar-refractivity contribution in [3.63, 3.8) is 0 Å². The van der Waals surface area contributed by atoms with Crippen molar-refractivity contribution >= 4 is 22.5 Å². The quantitative estimate of drug-likeness (QED) is 0.182. The first-order valence-corrected chi connectivity index (χ1v) is 19.2. The van der Waals surface area contributed by atoms with Gasteiger partial charge < -0.3 is 0 Å². The minimum atomic E-state index is -0.457. The fourth-order valence-corrected chi connectivity index (χ4v) is 10.2. The van der Waals surface area contributed by atoms with E-state index in [9.17, 15) is 0 Å². The Balaban J connectivity index is 1.23. The molecule has 11 rings (SSSR count). The Morgan fingerprint density at radius 3 is 1.61 bits per heavy atom. The SMILES string of the molecule is c1ccc(-c2cc(-c3ccccc3)nc(-c3c(-c4cccc5c4Sc4ccccc4C54c5ccccc5-c5ccccc54)ccc4ccccc34)n2)cc1. The highest BCUT2D eigenvalue weighted by atomic mass is 32.2. The van der Waals surface area contributed by atoms with E-state index in [1.165, 1.54) is 48.7 Å². The van der Waals surface area contributed by atoms with Gasteiger partial charge in [-0.2, -0.15) is 0 Å². The molecule has 0 atom stereocenters. The summed E-state index contributed by atoms with van der Waals surface area (Å²) in [6.45, 7) is 0. The fraction of sp³-hybridized carbons (Fsp3) is 0.0196. The minimum absolute atomic E-state index is 0.457. The molecule has 8 aromatic carbocycles. The third-order valence-electron chi connectivity index (χ3n) is 11.2. The molecule has 1 aliphatic heterocycles. The first kappa shape index (κ1) is 31.0. The molecular weight excluding hydrogens is 673 g/mol. The monoisotopic (exact) mass is 704 g/mol. The van der Waals surface area contributed by atoms with Crippen molar-refractivity contribution in [3.05, 3.63) is 216 Å². The van der Waals surface area contributed by atoms with Gasteiger partial charge in [-0.05, 0) is 67.4 Å². The van der Waals surface area contributed by atoms with Crippen LogP contribution in [0.15, 0.2) is 204 Å². The summed E-state index contributed by atoms with van der Waals surface area (Å²) in [5, 5.41) is 2.29. The molecule has 0 saturated heterocycles. The van der Waals surface area contributed by atoms with Crippen LogP contribution in [0, 0.1) is 0 Å². The molecule has 0 unspecified atom stereocenters. The van der Waals surface area contributed by atoms with Crippen molar-refractivity contribution in [2.45, 2.75) is 15.2 Å². The van der Waals surface area contributed by atoms with Crippen LogP contribution in [0.25, 0.3) is 66.9 Å². The van der Waals surface area contributed by atoms with Gasteiger partial charge in [-0.25, -0.2) is 9.97 Å². The average molecular weight is 705 g/mol. The third-order valence-corrected chi connectivity index (χ3v) is 12.4. The highest BCUT2D eigenvalue weighted by Crippen LogP contribution is 2.63. The predicted octanol–water partition coefficient (Wildman–Crippen LogP) is 13.1. The average Bonchev–Trinajstić information content (AvgIpc) is 3.54. The molecule has 54 heavy (non-hydrogen) atoms. The van der Waals surface area contributed by atoms with E-state index in [-0.39, 0.29) is 0 Å². The standard InChI is InChI=1S/C51H32N2S/c1-3-17-34(18-4-1)45-32-46(35-19-5-2-6-20-35)53-50(52-45)48-36-21-8-7-16-33(36)30-31-39(48)40-24-15-28-44-49(40)54-47-29-14-13-27-43(47)51(44)41-25-11-9-22-37(41)38-23-10-12-26-42(38)51/h1-32H. The molecule has 0 radical (unpaired) electrons. The van der Waals surface area contributed by atoms with Crippen molar-refractivity contribution in [3.8, 4) is 56.2 Å². The fourth-order valence-electron chi connectivity index (χ4n) is 8.90. The van der Waals surface area contributed by atoms with Gasteiger partial charge in [0.15, 0.2) is 5.82 Å². The van der Waals surface area contributed by atoms with Gasteiger partial charge in [0.25, 0.3) is 0 Å². The molecule has 252 valence electrons. The first-order chi connectivity index (χ1) is 26.8. The Hall–Kier alpha value is -6.55. The second kappa shape index (κ2) is 12.3.